The Bertz CT molecular complexity index is 1220. The Balaban J connectivity index is 1.28. The van der Waals surface area contributed by atoms with Crippen molar-refractivity contribution in [2.24, 2.45) is 13.0 Å². The molecule has 1 aromatic carbocycles. The minimum atomic E-state index is 0.0450. The van der Waals surface area contributed by atoms with Crippen LogP contribution in [-0.4, -0.2) is 48.4 Å². The van der Waals surface area contributed by atoms with Gasteiger partial charge in [0.25, 0.3) is 5.91 Å². The van der Waals surface area contributed by atoms with E-state index in [2.05, 4.69) is 15.0 Å². The van der Waals surface area contributed by atoms with Crippen LogP contribution in [0.4, 0.5) is 0 Å². The number of carbonyl (C=O) groups is 1. The van der Waals surface area contributed by atoms with E-state index in [-0.39, 0.29) is 5.91 Å². The van der Waals surface area contributed by atoms with Crippen molar-refractivity contribution in [2.45, 2.75) is 12.8 Å². The predicted molar refractivity (Wildman–Crippen MR) is 114 cm³/mol. The third-order valence-corrected chi connectivity index (χ3v) is 5.64. The molecular weight excluding hydrogens is 376 g/mol. The maximum Gasteiger partial charge on any atom is 0.255 e. The van der Waals surface area contributed by atoms with Crippen LogP contribution < -0.4 is 0 Å². The highest BCUT2D eigenvalue weighted by Gasteiger charge is 2.28. The summed E-state index contributed by atoms with van der Waals surface area (Å²) in [5.41, 5.74) is 3.25. The van der Waals surface area contributed by atoms with Gasteiger partial charge in [0.15, 0.2) is 5.82 Å². The molecule has 30 heavy (non-hydrogen) atoms. The maximum atomic E-state index is 13.0. The van der Waals surface area contributed by atoms with Crippen LogP contribution in [0.15, 0.2) is 61.3 Å². The number of carbonyl (C=O) groups excluding carboxylic acids is 1. The van der Waals surface area contributed by atoms with Gasteiger partial charge in [-0.2, -0.15) is 0 Å². The zero-order valence-electron chi connectivity index (χ0n) is 16.8. The fraction of sp³-hybridized carbons (Fsp3) is 0.261. The second-order valence-electron chi connectivity index (χ2n) is 7.78. The maximum absolute atomic E-state index is 13.0. The molecule has 0 saturated carbocycles. The largest absolute Gasteiger partial charge is 0.338 e. The van der Waals surface area contributed by atoms with Crippen molar-refractivity contribution < 1.29 is 4.79 Å². The van der Waals surface area contributed by atoms with E-state index in [0.29, 0.717) is 11.5 Å². The molecule has 1 aliphatic rings. The summed E-state index contributed by atoms with van der Waals surface area (Å²) in [6.45, 7) is 1.47. The van der Waals surface area contributed by atoms with E-state index in [9.17, 15) is 4.79 Å². The van der Waals surface area contributed by atoms with Crippen LogP contribution in [0.1, 0.15) is 22.5 Å². The zero-order chi connectivity index (χ0) is 20.5. The van der Waals surface area contributed by atoms with Crippen molar-refractivity contribution in [2.75, 3.05) is 13.1 Å². The number of imidazole rings is 1. The van der Waals surface area contributed by atoms with Gasteiger partial charge in [-0.05, 0) is 30.9 Å². The Kier molecular flexibility index (Phi) is 4.71. The van der Waals surface area contributed by atoms with Crippen molar-refractivity contribution in [3.8, 4) is 11.5 Å². The average molecular weight is 398 g/mol. The summed E-state index contributed by atoms with van der Waals surface area (Å²) in [7, 11) is 1.94. The first kappa shape index (κ1) is 18.4. The summed E-state index contributed by atoms with van der Waals surface area (Å²) >= 11 is 0. The highest BCUT2D eigenvalue weighted by atomic mass is 16.2. The molecule has 5 rings (SSSR count). The number of nitrogens with zero attached hydrogens (tertiary/aromatic N) is 6. The molecule has 0 unspecified atom stereocenters. The Morgan fingerprint density at radius 1 is 1.17 bits per heavy atom. The number of hydrogen-bond acceptors (Lipinski definition) is 5. The third-order valence-electron chi connectivity index (χ3n) is 5.64. The first-order valence-electron chi connectivity index (χ1n) is 10.1. The smallest absolute Gasteiger partial charge is 0.255 e. The van der Waals surface area contributed by atoms with E-state index in [4.69, 9.17) is 4.98 Å². The molecule has 0 bridgehead atoms. The normalized spacial score (nSPS) is 16.3. The number of aryl methyl sites for hydroxylation is 1. The van der Waals surface area contributed by atoms with Gasteiger partial charge >= 0.3 is 0 Å². The van der Waals surface area contributed by atoms with Crippen molar-refractivity contribution in [3.05, 3.63) is 72.6 Å². The lowest BCUT2D eigenvalue weighted by Gasteiger charge is -2.17. The van der Waals surface area contributed by atoms with Gasteiger partial charge in [0.1, 0.15) is 5.69 Å². The lowest BCUT2D eigenvalue weighted by molar-refractivity contribution is 0.0787. The number of aromatic nitrogens is 5. The molecule has 1 atom stereocenters. The van der Waals surface area contributed by atoms with Crippen molar-refractivity contribution >= 4 is 16.8 Å². The first-order chi connectivity index (χ1) is 14.7. The number of benzene rings is 1. The quantitative estimate of drug-likeness (QED) is 0.528. The number of likely N-dealkylation sites (tertiary alicyclic amines) is 1. The molecule has 7 heteroatoms. The summed E-state index contributed by atoms with van der Waals surface area (Å²) in [6.07, 6.45) is 10.6. The Morgan fingerprint density at radius 3 is 2.93 bits per heavy atom. The molecule has 0 radical (unpaired) electrons. The molecule has 0 N–H and O–H groups in total. The Labute approximate surface area is 174 Å². The lowest BCUT2D eigenvalue weighted by atomic mass is 10.0. The van der Waals surface area contributed by atoms with Crippen LogP contribution in [0.5, 0.6) is 0 Å². The molecule has 1 saturated heterocycles. The van der Waals surface area contributed by atoms with Gasteiger partial charge in [-0.25, -0.2) is 9.97 Å². The van der Waals surface area contributed by atoms with Crippen LogP contribution in [0.25, 0.3) is 22.4 Å². The molecule has 1 amide bonds. The fourth-order valence-corrected chi connectivity index (χ4v) is 4.07. The van der Waals surface area contributed by atoms with Gasteiger partial charge in [-0.3, -0.25) is 14.8 Å². The second kappa shape index (κ2) is 7.67. The fourth-order valence-electron chi connectivity index (χ4n) is 4.07. The molecule has 1 aliphatic heterocycles. The standard InChI is InChI=1S/C23H22N6O/c1-28-9-7-25-22(28)21-14-24-13-19(27-21)10-16-6-8-29(15-16)23(30)18-11-17-4-2-3-5-20(17)26-12-18/h2-5,7,9,11-14,16H,6,8,10,15H2,1H3/t16-/m1/s1. The molecular formula is C23H22N6O. The number of pyridine rings is 1. The van der Waals surface area contributed by atoms with Crippen LogP contribution in [0.3, 0.4) is 0 Å². The number of rotatable bonds is 4. The SMILES string of the molecule is Cn1ccnc1-c1cncc(C[C@H]2CCN(C(=O)c3cnc4ccccc4c3)C2)n1. The lowest BCUT2D eigenvalue weighted by Crippen LogP contribution is -2.29. The van der Waals surface area contributed by atoms with E-state index in [1.807, 2.05) is 59.2 Å². The van der Waals surface area contributed by atoms with E-state index in [0.717, 1.165) is 54.0 Å². The van der Waals surface area contributed by atoms with E-state index in [1.165, 1.54) is 0 Å². The summed E-state index contributed by atoms with van der Waals surface area (Å²) in [4.78, 5) is 32.8. The highest BCUT2D eigenvalue weighted by Crippen LogP contribution is 2.23. The van der Waals surface area contributed by atoms with E-state index >= 15 is 0 Å². The molecule has 4 aromatic rings. The van der Waals surface area contributed by atoms with E-state index < -0.39 is 0 Å². The molecule has 7 nitrogen and oxygen atoms in total. The molecule has 1 fully saturated rings. The van der Waals surface area contributed by atoms with Crippen LogP contribution in [0.2, 0.25) is 0 Å². The van der Waals surface area contributed by atoms with Gasteiger partial charge in [0, 0.05) is 50.3 Å². The molecule has 3 aromatic heterocycles. The number of para-hydroxylation sites is 1. The molecule has 0 spiro atoms. The minimum absolute atomic E-state index is 0.0450. The Hall–Kier alpha value is -3.61. The number of fused-ring (bicyclic) bond motifs is 1. The van der Waals surface area contributed by atoms with E-state index in [1.54, 1.807) is 18.6 Å². The van der Waals surface area contributed by atoms with Crippen molar-refractivity contribution in [3.63, 3.8) is 0 Å². The summed E-state index contributed by atoms with van der Waals surface area (Å²) in [6, 6.07) is 9.78. The topological polar surface area (TPSA) is 76.8 Å². The average Bonchev–Trinajstić information content (AvgIpc) is 3.42. The summed E-state index contributed by atoms with van der Waals surface area (Å²) in [5.74, 6) is 1.22. The van der Waals surface area contributed by atoms with Gasteiger partial charge in [0.2, 0.25) is 0 Å². The molecule has 4 heterocycles. The van der Waals surface area contributed by atoms with Crippen molar-refractivity contribution in [1.29, 1.82) is 0 Å². The first-order valence-corrected chi connectivity index (χ1v) is 10.1. The van der Waals surface area contributed by atoms with Gasteiger partial charge in [0.05, 0.1) is 23.0 Å². The number of hydrogen-bond donors (Lipinski definition) is 0. The monoisotopic (exact) mass is 398 g/mol. The van der Waals surface area contributed by atoms with Gasteiger partial charge in [-0.15, -0.1) is 0 Å². The van der Waals surface area contributed by atoms with Gasteiger partial charge in [-0.1, -0.05) is 18.2 Å². The Morgan fingerprint density at radius 2 is 2.07 bits per heavy atom. The van der Waals surface area contributed by atoms with Crippen molar-refractivity contribution in [1.82, 2.24) is 29.4 Å². The third kappa shape index (κ3) is 3.54. The van der Waals surface area contributed by atoms with Crippen LogP contribution in [0, 0.1) is 5.92 Å². The summed E-state index contributed by atoms with van der Waals surface area (Å²) < 4.78 is 1.93. The predicted octanol–water partition coefficient (Wildman–Crippen LogP) is 3.13. The van der Waals surface area contributed by atoms with Crippen LogP contribution in [-0.2, 0) is 13.5 Å². The van der Waals surface area contributed by atoms with Gasteiger partial charge < -0.3 is 9.47 Å². The van der Waals surface area contributed by atoms with Crippen LogP contribution >= 0.6 is 0 Å². The second-order valence-corrected chi connectivity index (χ2v) is 7.78. The molecule has 0 aliphatic carbocycles. The zero-order valence-corrected chi connectivity index (χ0v) is 16.8. The molecule has 150 valence electrons. The summed E-state index contributed by atoms with van der Waals surface area (Å²) in [5, 5.41) is 0.987. The minimum Gasteiger partial charge on any atom is -0.338 e. The highest BCUT2D eigenvalue weighted by molar-refractivity contribution is 5.97. The number of amides is 1.